The summed E-state index contributed by atoms with van der Waals surface area (Å²) in [5.41, 5.74) is 0.856. The predicted octanol–water partition coefficient (Wildman–Crippen LogP) is 1.55. The second kappa shape index (κ2) is 6.72. The molecule has 6 heteroatoms. The van der Waals surface area contributed by atoms with Crippen LogP contribution in [-0.2, 0) is 4.79 Å². The maximum atomic E-state index is 11.7. The van der Waals surface area contributed by atoms with Gasteiger partial charge in [-0.05, 0) is 24.5 Å². The van der Waals surface area contributed by atoms with Crippen LogP contribution < -0.4 is 10.6 Å². The van der Waals surface area contributed by atoms with Gasteiger partial charge in [-0.2, -0.15) is 0 Å². The molecule has 0 saturated heterocycles. The molecule has 104 valence electrons. The molecule has 0 aliphatic heterocycles. The molecule has 0 aliphatic carbocycles. The first-order chi connectivity index (χ1) is 8.91. The third-order valence-corrected chi connectivity index (χ3v) is 2.75. The van der Waals surface area contributed by atoms with Crippen LogP contribution in [0.4, 0.5) is 4.79 Å². The Morgan fingerprint density at radius 2 is 1.95 bits per heavy atom. The van der Waals surface area contributed by atoms with E-state index in [1.807, 2.05) is 13.0 Å². The van der Waals surface area contributed by atoms with Crippen LogP contribution in [0.3, 0.4) is 0 Å². The highest BCUT2D eigenvalue weighted by atomic mass is 16.4. The number of rotatable bonds is 5. The first-order valence-electron chi connectivity index (χ1n) is 6.11. The van der Waals surface area contributed by atoms with Crippen LogP contribution in [-0.4, -0.2) is 28.1 Å². The zero-order valence-electron chi connectivity index (χ0n) is 11.3. The third-order valence-electron chi connectivity index (χ3n) is 2.75. The van der Waals surface area contributed by atoms with Gasteiger partial charge in [0.1, 0.15) is 6.04 Å². The molecule has 2 atom stereocenters. The molecule has 0 bridgehead atoms. The van der Waals surface area contributed by atoms with Crippen LogP contribution in [0.5, 0.6) is 0 Å². The van der Waals surface area contributed by atoms with Crippen molar-refractivity contribution < 1.29 is 14.7 Å². The Labute approximate surface area is 112 Å². The number of amides is 2. The number of aliphatic carboxylic acids is 1. The summed E-state index contributed by atoms with van der Waals surface area (Å²) in [6.07, 6.45) is 3.30. The SMILES string of the molecule is CC(NC(=O)NC(C(=O)O)C(C)C)c1cccnc1. The Hall–Kier alpha value is -2.11. The molecule has 1 rings (SSSR count). The normalized spacial score (nSPS) is 13.7. The lowest BCUT2D eigenvalue weighted by Gasteiger charge is -2.20. The second-order valence-corrected chi connectivity index (χ2v) is 4.69. The van der Waals surface area contributed by atoms with Crippen molar-refractivity contribution in [2.45, 2.75) is 32.9 Å². The van der Waals surface area contributed by atoms with Gasteiger partial charge in [0.15, 0.2) is 0 Å². The number of urea groups is 1. The molecule has 0 fully saturated rings. The molecule has 1 heterocycles. The number of hydrogen-bond donors (Lipinski definition) is 3. The van der Waals surface area contributed by atoms with Crippen molar-refractivity contribution in [3.05, 3.63) is 30.1 Å². The molecule has 0 saturated carbocycles. The minimum atomic E-state index is -1.04. The Kier molecular flexibility index (Phi) is 5.29. The number of pyridine rings is 1. The highest BCUT2D eigenvalue weighted by Crippen LogP contribution is 2.09. The number of carbonyl (C=O) groups excluding carboxylic acids is 1. The van der Waals surface area contributed by atoms with Crippen LogP contribution >= 0.6 is 0 Å². The van der Waals surface area contributed by atoms with E-state index in [9.17, 15) is 9.59 Å². The molecule has 6 nitrogen and oxygen atoms in total. The van der Waals surface area contributed by atoms with Gasteiger partial charge in [0, 0.05) is 12.4 Å². The predicted molar refractivity (Wildman–Crippen MR) is 70.6 cm³/mol. The number of carboxylic acid groups (broad SMARTS) is 1. The molecule has 1 aromatic rings. The average Bonchev–Trinajstić information content (AvgIpc) is 2.36. The molecular weight excluding hydrogens is 246 g/mol. The minimum Gasteiger partial charge on any atom is -0.480 e. The average molecular weight is 265 g/mol. The van der Waals surface area contributed by atoms with Crippen molar-refractivity contribution in [2.24, 2.45) is 5.92 Å². The quantitative estimate of drug-likeness (QED) is 0.753. The highest BCUT2D eigenvalue weighted by Gasteiger charge is 2.23. The molecule has 0 spiro atoms. The fourth-order valence-corrected chi connectivity index (χ4v) is 1.61. The number of nitrogens with zero attached hydrogens (tertiary/aromatic N) is 1. The Morgan fingerprint density at radius 1 is 1.26 bits per heavy atom. The van der Waals surface area contributed by atoms with Crippen LogP contribution in [0, 0.1) is 5.92 Å². The van der Waals surface area contributed by atoms with E-state index < -0.39 is 18.0 Å². The fourth-order valence-electron chi connectivity index (χ4n) is 1.61. The standard InChI is InChI=1S/C13H19N3O3/c1-8(2)11(12(17)18)16-13(19)15-9(3)10-5-4-6-14-7-10/h4-9,11H,1-3H3,(H,17,18)(H2,15,16,19). The van der Waals surface area contributed by atoms with Crippen molar-refractivity contribution in [1.82, 2.24) is 15.6 Å². The van der Waals surface area contributed by atoms with E-state index >= 15 is 0 Å². The van der Waals surface area contributed by atoms with Gasteiger partial charge in [-0.3, -0.25) is 4.98 Å². The van der Waals surface area contributed by atoms with E-state index in [-0.39, 0.29) is 12.0 Å². The zero-order chi connectivity index (χ0) is 14.4. The first-order valence-corrected chi connectivity index (χ1v) is 6.11. The van der Waals surface area contributed by atoms with Gasteiger partial charge in [0.05, 0.1) is 6.04 Å². The van der Waals surface area contributed by atoms with Crippen molar-refractivity contribution >= 4 is 12.0 Å². The number of carboxylic acids is 1. The lowest BCUT2D eigenvalue weighted by atomic mass is 10.1. The van der Waals surface area contributed by atoms with Gasteiger partial charge in [0.2, 0.25) is 0 Å². The summed E-state index contributed by atoms with van der Waals surface area (Å²) in [6.45, 7) is 5.29. The van der Waals surface area contributed by atoms with E-state index in [1.165, 1.54) is 0 Å². The number of carbonyl (C=O) groups is 2. The van der Waals surface area contributed by atoms with Gasteiger partial charge >= 0.3 is 12.0 Å². The summed E-state index contributed by atoms with van der Waals surface area (Å²) >= 11 is 0. The third kappa shape index (κ3) is 4.57. The van der Waals surface area contributed by atoms with Crippen LogP contribution in [0.25, 0.3) is 0 Å². The lowest BCUT2D eigenvalue weighted by Crippen LogP contribution is -2.49. The van der Waals surface area contributed by atoms with Gasteiger partial charge < -0.3 is 15.7 Å². The van der Waals surface area contributed by atoms with E-state index in [2.05, 4.69) is 15.6 Å². The molecule has 1 aromatic heterocycles. The molecular formula is C13H19N3O3. The van der Waals surface area contributed by atoms with E-state index in [0.29, 0.717) is 0 Å². The maximum absolute atomic E-state index is 11.7. The zero-order valence-corrected chi connectivity index (χ0v) is 11.3. The largest absolute Gasteiger partial charge is 0.480 e. The van der Waals surface area contributed by atoms with Crippen LogP contribution in [0.15, 0.2) is 24.5 Å². The minimum absolute atomic E-state index is 0.183. The first kappa shape index (κ1) is 14.9. The van der Waals surface area contributed by atoms with E-state index in [4.69, 9.17) is 5.11 Å². The summed E-state index contributed by atoms with van der Waals surface area (Å²) in [5, 5.41) is 14.1. The molecule has 19 heavy (non-hydrogen) atoms. The van der Waals surface area contributed by atoms with Crippen molar-refractivity contribution in [3.8, 4) is 0 Å². The summed E-state index contributed by atoms with van der Waals surface area (Å²) in [7, 11) is 0. The molecule has 0 aliphatic rings. The van der Waals surface area contributed by atoms with Crippen LogP contribution in [0.1, 0.15) is 32.4 Å². The van der Waals surface area contributed by atoms with Crippen LogP contribution in [0.2, 0.25) is 0 Å². The molecule has 2 amide bonds. The number of hydrogen-bond acceptors (Lipinski definition) is 3. The summed E-state index contributed by atoms with van der Waals surface area (Å²) in [5.74, 6) is -1.23. The van der Waals surface area contributed by atoms with Crippen molar-refractivity contribution in [1.29, 1.82) is 0 Å². The summed E-state index contributed by atoms with van der Waals surface area (Å²) in [6, 6.07) is 1.98. The highest BCUT2D eigenvalue weighted by molar-refractivity contribution is 5.82. The molecule has 0 radical (unpaired) electrons. The topological polar surface area (TPSA) is 91.3 Å². The number of nitrogens with one attached hydrogen (secondary N) is 2. The molecule has 0 aromatic carbocycles. The molecule has 2 unspecified atom stereocenters. The fraction of sp³-hybridized carbons (Fsp3) is 0.462. The van der Waals surface area contributed by atoms with E-state index in [1.54, 1.807) is 32.3 Å². The smallest absolute Gasteiger partial charge is 0.326 e. The second-order valence-electron chi connectivity index (χ2n) is 4.69. The number of aromatic nitrogens is 1. The van der Waals surface area contributed by atoms with Gasteiger partial charge in [-0.25, -0.2) is 9.59 Å². The Bertz CT molecular complexity index is 434. The van der Waals surface area contributed by atoms with Crippen molar-refractivity contribution in [2.75, 3.05) is 0 Å². The van der Waals surface area contributed by atoms with Gasteiger partial charge in [-0.1, -0.05) is 19.9 Å². The van der Waals surface area contributed by atoms with E-state index in [0.717, 1.165) is 5.56 Å². The van der Waals surface area contributed by atoms with Gasteiger partial charge in [0.25, 0.3) is 0 Å². The molecule has 3 N–H and O–H groups in total. The summed E-state index contributed by atoms with van der Waals surface area (Å²) < 4.78 is 0. The summed E-state index contributed by atoms with van der Waals surface area (Å²) in [4.78, 5) is 26.7. The monoisotopic (exact) mass is 265 g/mol. The Morgan fingerprint density at radius 3 is 2.42 bits per heavy atom. The van der Waals surface area contributed by atoms with Crippen molar-refractivity contribution in [3.63, 3.8) is 0 Å². The Balaban J connectivity index is 2.58. The lowest BCUT2D eigenvalue weighted by molar-refractivity contribution is -0.140. The van der Waals surface area contributed by atoms with Gasteiger partial charge in [-0.15, -0.1) is 0 Å². The maximum Gasteiger partial charge on any atom is 0.326 e.